The average Bonchev–Trinajstić information content (AvgIpc) is 3.23. The van der Waals surface area contributed by atoms with E-state index in [9.17, 15) is 14.9 Å². The van der Waals surface area contributed by atoms with Crippen LogP contribution in [0.1, 0.15) is 24.0 Å². The van der Waals surface area contributed by atoms with Crippen molar-refractivity contribution in [2.45, 2.75) is 24.4 Å². The summed E-state index contributed by atoms with van der Waals surface area (Å²) in [4.78, 5) is 27.0. The molecule has 1 spiro atoms. The molecule has 0 aromatic heterocycles. The maximum Gasteiger partial charge on any atom is 0.256 e. The Labute approximate surface area is 180 Å². The second kappa shape index (κ2) is 7.93. The lowest BCUT2D eigenvalue weighted by Gasteiger charge is -2.30. The summed E-state index contributed by atoms with van der Waals surface area (Å²) in [6, 6.07) is 11.2. The SMILES string of the molecule is C#CCOc1ccc([C@@H]2CN(C)[C@]3(C(=O)Nc4ccccc43)[C@H]2[N+](=O)[O-])cc1OCC. The van der Waals surface area contributed by atoms with Crippen LogP contribution in [-0.4, -0.2) is 48.6 Å². The lowest BCUT2D eigenvalue weighted by molar-refractivity contribution is -0.534. The highest BCUT2D eigenvalue weighted by Gasteiger charge is 2.68. The molecule has 2 aliphatic rings. The van der Waals surface area contributed by atoms with E-state index in [1.54, 1.807) is 54.4 Å². The van der Waals surface area contributed by atoms with Crippen molar-refractivity contribution in [2.75, 3.05) is 32.1 Å². The van der Waals surface area contributed by atoms with Crippen LogP contribution in [0.25, 0.3) is 0 Å². The number of likely N-dealkylation sites (N-methyl/N-ethyl adjacent to an activating group) is 1. The van der Waals surface area contributed by atoms with Gasteiger partial charge in [-0.1, -0.05) is 30.2 Å². The number of fused-ring (bicyclic) bond motifs is 2. The van der Waals surface area contributed by atoms with E-state index in [1.165, 1.54) is 0 Å². The van der Waals surface area contributed by atoms with Crippen molar-refractivity contribution in [2.24, 2.45) is 0 Å². The summed E-state index contributed by atoms with van der Waals surface area (Å²) >= 11 is 0. The van der Waals surface area contributed by atoms with Crippen LogP contribution in [0.15, 0.2) is 42.5 Å². The Bertz CT molecular complexity index is 1080. The van der Waals surface area contributed by atoms with Crippen molar-refractivity contribution in [1.82, 2.24) is 4.90 Å². The average molecular weight is 421 g/mol. The lowest BCUT2D eigenvalue weighted by Crippen LogP contribution is -2.54. The predicted octanol–water partition coefficient (Wildman–Crippen LogP) is 2.62. The molecule has 1 saturated heterocycles. The van der Waals surface area contributed by atoms with E-state index in [-0.39, 0.29) is 17.4 Å². The Morgan fingerprint density at radius 3 is 2.77 bits per heavy atom. The standard InChI is InChI=1S/C23H23N3O5/c1-4-12-31-19-11-10-15(13-20(19)30-5-2)16-14-25(3)23(21(16)26(28)29)17-8-6-7-9-18(17)24-22(23)27/h1,6-11,13,16,21H,5,12,14H2,2-3H3,(H,24,27)/t16-,21-,23-/m0/s1. The molecule has 0 aliphatic carbocycles. The number of terminal acetylenes is 1. The molecule has 8 nitrogen and oxygen atoms in total. The zero-order valence-electron chi connectivity index (χ0n) is 17.3. The fourth-order valence-electron chi connectivity index (χ4n) is 4.84. The topological polar surface area (TPSA) is 93.9 Å². The number of carbonyl (C=O) groups excluding carboxylic acids is 1. The number of ether oxygens (including phenoxy) is 2. The van der Waals surface area contributed by atoms with Crippen molar-refractivity contribution in [3.63, 3.8) is 0 Å². The van der Waals surface area contributed by atoms with Crippen LogP contribution in [-0.2, 0) is 10.3 Å². The fraction of sp³-hybridized carbons (Fsp3) is 0.348. The lowest BCUT2D eigenvalue weighted by atomic mass is 9.79. The summed E-state index contributed by atoms with van der Waals surface area (Å²) in [6.45, 7) is 2.67. The van der Waals surface area contributed by atoms with Gasteiger partial charge in [0, 0.05) is 22.7 Å². The van der Waals surface area contributed by atoms with Crippen LogP contribution in [0.4, 0.5) is 5.69 Å². The molecule has 160 valence electrons. The van der Waals surface area contributed by atoms with Gasteiger partial charge in [0.2, 0.25) is 0 Å². The third-order valence-corrected chi connectivity index (χ3v) is 6.05. The summed E-state index contributed by atoms with van der Waals surface area (Å²) in [5, 5.41) is 15.2. The largest absolute Gasteiger partial charge is 0.490 e. The van der Waals surface area contributed by atoms with E-state index in [4.69, 9.17) is 15.9 Å². The fourth-order valence-corrected chi connectivity index (χ4v) is 4.84. The highest BCUT2D eigenvalue weighted by Crippen LogP contribution is 2.52. The van der Waals surface area contributed by atoms with Gasteiger partial charge in [0.1, 0.15) is 6.61 Å². The smallest absolute Gasteiger partial charge is 0.256 e. The summed E-state index contributed by atoms with van der Waals surface area (Å²) < 4.78 is 11.2. The van der Waals surface area contributed by atoms with Gasteiger partial charge in [0.15, 0.2) is 17.0 Å². The number of nitrogens with one attached hydrogen (secondary N) is 1. The van der Waals surface area contributed by atoms with E-state index in [2.05, 4.69) is 11.2 Å². The number of hydrogen-bond acceptors (Lipinski definition) is 6. The first-order valence-electron chi connectivity index (χ1n) is 10.0. The van der Waals surface area contributed by atoms with Crippen LogP contribution in [0, 0.1) is 22.5 Å². The van der Waals surface area contributed by atoms with Gasteiger partial charge in [-0.3, -0.25) is 19.8 Å². The molecule has 0 bridgehead atoms. The number of likely N-dealkylation sites (tertiary alicyclic amines) is 1. The molecule has 0 unspecified atom stereocenters. The number of para-hydroxylation sites is 1. The van der Waals surface area contributed by atoms with Gasteiger partial charge < -0.3 is 14.8 Å². The minimum atomic E-state index is -1.38. The molecule has 2 aromatic rings. The number of anilines is 1. The number of hydrogen-bond donors (Lipinski definition) is 1. The monoisotopic (exact) mass is 421 g/mol. The molecule has 31 heavy (non-hydrogen) atoms. The Balaban J connectivity index is 1.81. The number of rotatable bonds is 6. The molecule has 2 aliphatic heterocycles. The molecule has 3 atom stereocenters. The molecular formula is C23H23N3O5. The molecule has 2 aromatic carbocycles. The maximum absolute atomic E-state index is 13.2. The first kappa shape index (κ1) is 20.7. The van der Waals surface area contributed by atoms with Crippen molar-refractivity contribution in [3.8, 4) is 23.8 Å². The van der Waals surface area contributed by atoms with Gasteiger partial charge in [0.25, 0.3) is 11.9 Å². The molecule has 0 saturated carbocycles. The molecule has 4 rings (SSSR count). The summed E-state index contributed by atoms with van der Waals surface area (Å²) in [5.41, 5.74) is 0.569. The number of benzene rings is 2. The van der Waals surface area contributed by atoms with Gasteiger partial charge in [0.05, 0.1) is 12.5 Å². The molecule has 1 N–H and O–H groups in total. The summed E-state index contributed by atoms with van der Waals surface area (Å²) in [5.74, 6) is 2.45. The first-order valence-corrected chi connectivity index (χ1v) is 10.0. The van der Waals surface area contributed by atoms with Gasteiger partial charge in [-0.2, -0.15) is 0 Å². The number of carbonyl (C=O) groups is 1. The van der Waals surface area contributed by atoms with Crippen molar-refractivity contribution >= 4 is 11.6 Å². The minimum Gasteiger partial charge on any atom is -0.490 e. The molecule has 0 radical (unpaired) electrons. The molecule has 1 amide bonds. The van der Waals surface area contributed by atoms with Crippen LogP contribution < -0.4 is 14.8 Å². The quantitative estimate of drug-likeness (QED) is 0.438. The first-order chi connectivity index (χ1) is 14.9. The Kier molecular flexibility index (Phi) is 5.29. The Morgan fingerprint density at radius 1 is 1.29 bits per heavy atom. The Hall–Kier alpha value is -3.57. The van der Waals surface area contributed by atoms with Crippen molar-refractivity contribution in [3.05, 3.63) is 63.7 Å². The van der Waals surface area contributed by atoms with Crippen LogP contribution >= 0.6 is 0 Å². The van der Waals surface area contributed by atoms with Gasteiger partial charge in [-0.05, 0) is 37.7 Å². The number of nitrogens with zero attached hydrogens (tertiary/aromatic N) is 2. The third-order valence-electron chi connectivity index (χ3n) is 6.05. The van der Waals surface area contributed by atoms with Crippen LogP contribution in [0.5, 0.6) is 11.5 Å². The van der Waals surface area contributed by atoms with E-state index < -0.39 is 17.5 Å². The maximum atomic E-state index is 13.2. The molecular weight excluding hydrogens is 398 g/mol. The van der Waals surface area contributed by atoms with Crippen LogP contribution in [0.3, 0.4) is 0 Å². The van der Waals surface area contributed by atoms with Gasteiger partial charge in [-0.15, -0.1) is 6.42 Å². The minimum absolute atomic E-state index is 0.0865. The second-order valence-corrected chi connectivity index (χ2v) is 7.62. The zero-order valence-corrected chi connectivity index (χ0v) is 17.3. The second-order valence-electron chi connectivity index (χ2n) is 7.62. The number of nitro groups is 1. The third kappa shape index (κ3) is 3.09. The van der Waals surface area contributed by atoms with Gasteiger partial charge >= 0.3 is 0 Å². The van der Waals surface area contributed by atoms with Crippen molar-refractivity contribution < 1.29 is 19.2 Å². The Morgan fingerprint density at radius 2 is 2.06 bits per heavy atom. The summed E-state index contributed by atoms with van der Waals surface area (Å²) in [6.07, 6.45) is 5.28. The normalized spacial score (nSPS) is 24.5. The highest BCUT2D eigenvalue weighted by atomic mass is 16.6. The van der Waals surface area contributed by atoms with Crippen LogP contribution in [0.2, 0.25) is 0 Å². The molecule has 8 heteroatoms. The van der Waals surface area contributed by atoms with E-state index in [0.29, 0.717) is 41.5 Å². The van der Waals surface area contributed by atoms with Gasteiger partial charge in [-0.25, -0.2) is 0 Å². The zero-order chi connectivity index (χ0) is 22.2. The van der Waals surface area contributed by atoms with E-state index in [0.717, 1.165) is 0 Å². The molecule has 1 fully saturated rings. The number of amides is 1. The van der Waals surface area contributed by atoms with E-state index in [1.807, 2.05) is 6.92 Å². The summed E-state index contributed by atoms with van der Waals surface area (Å²) in [7, 11) is 1.76. The predicted molar refractivity (Wildman–Crippen MR) is 115 cm³/mol. The highest BCUT2D eigenvalue weighted by molar-refractivity contribution is 6.06. The van der Waals surface area contributed by atoms with Crippen molar-refractivity contribution in [1.29, 1.82) is 0 Å². The van der Waals surface area contributed by atoms with E-state index >= 15 is 0 Å². The molecule has 2 heterocycles.